The van der Waals surface area contributed by atoms with Crippen molar-refractivity contribution >= 4 is 6.09 Å². The van der Waals surface area contributed by atoms with Gasteiger partial charge in [0.2, 0.25) is 0 Å². The van der Waals surface area contributed by atoms with Crippen LogP contribution in [0.4, 0.5) is 4.79 Å². The van der Waals surface area contributed by atoms with Crippen molar-refractivity contribution in [1.29, 1.82) is 0 Å². The van der Waals surface area contributed by atoms with Crippen LogP contribution in [0.25, 0.3) is 0 Å². The van der Waals surface area contributed by atoms with Gasteiger partial charge in [-0.3, -0.25) is 0 Å². The van der Waals surface area contributed by atoms with E-state index >= 15 is 0 Å². The summed E-state index contributed by atoms with van der Waals surface area (Å²) in [4.78, 5) is 13.4. The molecule has 1 saturated heterocycles. The van der Waals surface area contributed by atoms with Crippen molar-refractivity contribution in [3.05, 3.63) is 12.2 Å². The molecular formula is C11H17NO2. The molecule has 3 atom stereocenters. The molecule has 1 fully saturated rings. The molecule has 2 aliphatic heterocycles. The molecule has 0 aromatic rings. The zero-order chi connectivity index (χ0) is 10.1. The van der Waals surface area contributed by atoms with Gasteiger partial charge in [0.05, 0.1) is 13.2 Å². The van der Waals surface area contributed by atoms with Crippen LogP contribution in [0.1, 0.15) is 19.8 Å². The molecule has 0 N–H and O–H groups in total. The number of piperidine rings is 1. The lowest BCUT2D eigenvalue weighted by Crippen LogP contribution is -2.52. The van der Waals surface area contributed by atoms with Crippen LogP contribution in [0.3, 0.4) is 0 Å². The fraction of sp³-hybridized carbons (Fsp3) is 0.727. The summed E-state index contributed by atoms with van der Waals surface area (Å²) in [6.07, 6.45) is 6.60. The Morgan fingerprint density at radius 1 is 1.57 bits per heavy atom. The number of nitrogens with zero attached hydrogens (tertiary/aromatic N) is 1. The van der Waals surface area contributed by atoms with Gasteiger partial charge in [-0.25, -0.2) is 4.79 Å². The maximum atomic E-state index is 11.5. The Labute approximate surface area is 84.7 Å². The Bertz CT molecular complexity index is 262. The highest BCUT2D eigenvalue weighted by Gasteiger charge is 2.39. The van der Waals surface area contributed by atoms with Crippen LogP contribution >= 0.6 is 0 Å². The molecule has 0 saturated carbocycles. The van der Waals surface area contributed by atoms with Crippen LogP contribution in [-0.4, -0.2) is 30.7 Å². The summed E-state index contributed by atoms with van der Waals surface area (Å²) in [7, 11) is 1.45. The third-order valence-corrected chi connectivity index (χ3v) is 3.39. The van der Waals surface area contributed by atoms with E-state index in [4.69, 9.17) is 4.74 Å². The van der Waals surface area contributed by atoms with Crippen molar-refractivity contribution in [2.24, 2.45) is 11.8 Å². The highest BCUT2D eigenvalue weighted by molar-refractivity contribution is 5.68. The topological polar surface area (TPSA) is 29.5 Å². The molecule has 0 spiro atoms. The molecular weight excluding hydrogens is 178 g/mol. The number of rotatable bonds is 1. The molecule has 3 rings (SSSR count). The average Bonchev–Trinajstić information content (AvgIpc) is 2.28. The Morgan fingerprint density at radius 2 is 2.36 bits per heavy atom. The summed E-state index contributed by atoms with van der Waals surface area (Å²) < 4.78 is 4.79. The lowest BCUT2D eigenvalue weighted by molar-refractivity contribution is 0.0598. The molecule has 2 heterocycles. The lowest BCUT2D eigenvalue weighted by atomic mass is 9.76. The molecule has 14 heavy (non-hydrogen) atoms. The first kappa shape index (κ1) is 9.56. The monoisotopic (exact) mass is 195 g/mol. The molecule has 3 nitrogen and oxygen atoms in total. The van der Waals surface area contributed by atoms with Gasteiger partial charge in [0.1, 0.15) is 0 Å². The standard InChI is InChI=1S/C11H17NO2/c1-3-9-6-8-4-5-10(9)12(7-8)11(13)14-2/h4-5,8-10H,3,6-7H2,1-2H3. The third-order valence-electron chi connectivity index (χ3n) is 3.39. The average molecular weight is 195 g/mol. The summed E-state index contributed by atoms with van der Waals surface area (Å²) in [6.45, 7) is 3.03. The van der Waals surface area contributed by atoms with E-state index < -0.39 is 0 Å². The number of methoxy groups -OCH3 is 1. The van der Waals surface area contributed by atoms with Crippen molar-refractivity contribution in [3.63, 3.8) is 0 Å². The van der Waals surface area contributed by atoms with E-state index in [0.29, 0.717) is 11.8 Å². The molecule has 3 unspecified atom stereocenters. The number of ether oxygens (including phenoxy) is 1. The van der Waals surface area contributed by atoms with E-state index in [1.54, 1.807) is 0 Å². The molecule has 0 aromatic carbocycles. The summed E-state index contributed by atoms with van der Waals surface area (Å²) in [5, 5.41) is 0. The van der Waals surface area contributed by atoms with Gasteiger partial charge in [0.15, 0.2) is 0 Å². The van der Waals surface area contributed by atoms with Crippen LogP contribution in [0, 0.1) is 11.8 Å². The zero-order valence-electron chi connectivity index (χ0n) is 8.77. The van der Waals surface area contributed by atoms with E-state index in [0.717, 1.165) is 13.0 Å². The van der Waals surface area contributed by atoms with Gasteiger partial charge in [-0.1, -0.05) is 25.5 Å². The first-order valence-corrected chi connectivity index (χ1v) is 5.29. The highest BCUT2D eigenvalue weighted by Crippen LogP contribution is 2.36. The number of carbonyl (C=O) groups excluding carboxylic acids is 1. The first-order valence-electron chi connectivity index (χ1n) is 5.29. The molecule has 3 aliphatic rings. The normalized spacial score (nSPS) is 34.7. The lowest BCUT2D eigenvalue weighted by Gasteiger charge is -2.45. The van der Waals surface area contributed by atoms with Gasteiger partial charge in [-0.2, -0.15) is 0 Å². The third kappa shape index (κ3) is 1.41. The number of hydrogen-bond donors (Lipinski definition) is 0. The predicted molar refractivity (Wildman–Crippen MR) is 53.9 cm³/mol. The molecule has 1 amide bonds. The largest absolute Gasteiger partial charge is 0.453 e. The van der Waals surface area contributed by atoms with Gasteiger partial charge in [-0.15, -0.1) is 0 Å². The molecule has 1 aliphatic carbocycles. The summed E-state index contributed by atoms with van der Waals surface area (Å²) in [6, 6.07) is 0.275. The Balaban J connectivity index is 2.15. The first-order chi connectivity index (χ1) is 6.76. The minimum atomic E-state index is -0.178. The van der Waals surface area contributed by atoms with E-state index in [1.165, 1.54) is 13.5 Å². The maximum Gasteiger partial charge on any atom is 0.410 e. The zero-order valence-corrected chi connectivity index (χ0v) is 8.77. The minimum Gasteiger partial charge on any atom is -0.453 e. The molecule has 0 aromatic heterocycles. The molecule has 0 radical (unpaired) electrons. The van der Waals surface area contributed by atoms with Crippen molar-refractivity contribution in [2.45, 2.75) is 25.8 Å². The number of carbonyl (C=O) groups is 1. The second-order valence-electron chi connectivity index (χ2n) is 4.16. The van der Waals surface area contributed by atoms with Gasteiger partial charge in [-0.05, 0) is 18.3 Å². The Kier molecular flexibility index (Phi) is 2.48. The van der Waals surface area contributed by atoms with Crippen molar-refractivity contribution in [2.75, 3.05) is 13.7 Å². The van der Waals surface area contributed by atoms with Gasteiger partial charge >= 0.3 is 6.09 Å². The fourth-order valence-electron chi connectivity index (χ4n) is 2.62. The van der Waals surface area contributed by atoms with Gasteiger partial charge in [0.25, 0.3) is 0 Å². The highest BCUT2D eigenvalue weighted by atomic mass is 16.5. The minimum absolute atomic E-state index is 0.178. The predicted octanol–water partition coefficient (Wildman–Crippen LogP) is 2.04. The SMILES string of the molecule is CCC1CC2C=CC1N(C(=O)OC)C2. The molecule has 3 heteroatoms. The quantitative estimate of drug-likeness (QED) is 0.599. The summed E-state index contributed by atoms with van der Waals surface area (Å²) in [5.41, 5.74) is 0. The van der Waals surface area contributed by atoms with Crippen molar-refractivity contribution in [1.82, 2.24) is 4.90 Å². The van der Waals surface area contributed by atoms with E-state index in [2.05, 4.69) is 19.1 Å². The van der Waals surface area contributed by atoms with E-state index in [1.807, 2.05) is 4.90 Å². The van der Waals surface area contributed by atoms with Gasteiger partial charge < -0.3 is 9.64 Å². The van der Waals surface area contributed by atoms with Crippen LogP contribution in [0.2, 0.25) is 0 Å². The van der Waals surface area contributed by atoms with Crippen molar-refractivity contribution in [3.8, 4) is 0 Å². The Morgan fingerprint density at radius 3 is 2.93 bits per heavy atom. The smallest absolute Gasteiger partial charge is 0.410 e. The van der Waals surface area contributed by atoms with Gasteiger partial charge in [0, 0.05) is 6.54 Å². The number of amides is 1. The summed E-state index contributed by atoms with van der Waals surface area (Å²) >= 11 is 0. The molecule has 2 bridgehead atoms. The van der Waals surface area contributed by atoms with Crippen LogP contribution in [0.15, 0.2) is 12.2 Å². The second kappa shape index (κ2) is 3.64. The fourth-order valence-corrected chi connectivity index (χ4v) is 2.62. The Hall–Kier alpha value is -0.990. The number of hydrogen-bond acceptors (Lipinski definition) is 2. The van der Waals surface area contributed by atoms with E-state index in [9.17, 15) is 4.79 Å². The van der Waals surface area contributed by atoms with Crippen LogP contribution < -0.4 is 0 Å². The number of fused-ring (bicyclic) bond motifs is 2. The maximum absolute atomic E-state index is 11.5. The van der Waals surface area contributed by atoms with E-state index in [-0.39, 0.29) is 12.1 Å². The molecule has 78 valence electrons. The van der Waals surface area contributed by atoms with Crippen molar-refractivity contribution < 1.29 is 9.53 Å². The van der Waals surface area contributed by atoms with Crippen LogP contribution in [-0.2, 0) is 4.74 Å². The van der Waals surface area contributed by atoms with Crippen LogP contribution in [0.5, 0.6) is 0 Å². The second-order valence-corrected chi connectivity index (χ2v) is 4.16. The summed E-state index contributed by atoms with van der Waals surface area (Å²) in [5.74, 6) is 1.17.